The van der Waals surface area contributed by atoms with E-state index in [9.17, 15) is 0 Å². The van der Waals surface area contributed by atoms with Crippen LogP contribution in [0.3, 0.4) is 0 Å². The third-order valence-electron chi connectivity index (χ3n) is 3.18. The molecule has 0 spiro atoms. The summed E-state index contributed by atoms with van der Waals surface area (Å²) in [5.74, 6) is 0. The zero-order valence-corrected chi connectivity index (χ0v) is 17.9. The topological polar surface area (TPSA) is 42.3 Å². The van der Waals surface area contributed by atoms with Gasteiger partial charge in [-0.25, -0.2) is 6.17 Å². The van der Waals surface area contributed by atoms with E-state index in [1.54, 1.807) is 0 Å². The third-order valence-corrected chi connectivity index (χ3v) is 3.18. The van der Waals surface area contributed by atoms with Crippen molar-refractivity contribution < 1.29 is 16.8 Å². The summed E-state index contributed by atoms with van der Waals surface area (Å²) in [7, 11) is 1.83. The number of para-hydroxylation sites is 1. The molecule has 0 saturated carbocycles. The van der Waals surface area contributed by atoms with Crippen LogP contribution in [0.4, 0.5) is 5.69 Å². The van der Waals surface area contributed by atoms with Gasteiger partial charge in [0.15, 0.2) is 0 Å². The van der Waals surface area contributed by atoms with Crippen molar-refractivity contribution in [2.45, 2.75) is 52.4 Å². The molecule has 0 aliphatic heterocycles. The fourth-order valence-electron chi connectivity index (χ4n) is 2.27. The zero-order valence-electron chi connectivity index (χ0n) is 16.8. The first kappa shape index (κ1) is 26.9. The third kappa shape index (κ3) is 12.1. The smallest absolute Gasteiger partial charge is 0 e. The Morgan fingerprint density at radius 3 is 1.77 bits per heavy atom. The molecule has 2 rings (SSSR count). The Morgan fingerprint density at radius 1 is 0.846 bits per heavy atom. The van der Waals surface area contributed by atoms with Gasteiger partial charge in [-0.3, -0.25) is 0 Å². The van der Waals surface area contributed by atoms with Crippen molar-refractivity contribution in [1.29, 1.82) is 0 Å². The van der Waals surface area contributed by atoms with Crippen LogP contribution >= 0.6 is 0 Å². The molecule has 149 valence electrons. The Bertz CT molecular complexity index is 507. The van der Waals surface area contributed by atoms with E-state index < -0.39 is 0 Å². The van der Waals surface area contributed by atoms with Crippen molar-refractivity contribution in [2.75, 3.05) is 7.05 Å². The average Bonchev–Trinajstić information content (AvgIpc) is 2.56. The van der Waals surface area contributed by atoms with Crippen LogP contribution in [0.25, 0.3) is 16.0 Å². The molecule has 0 aliphatic rings. The van der Waals surface area contributed by atoms with Gasteiger partial charge in [-0.1, -0.05) is 63.9 Å². The fraction of sp³-hybridized carbons (Fsp3) is 0.409. The van der Waals surface area contributed by atoms with Gasteiger partial charge in [-0.05, 0) is 0 Å². The Balaban J connectivity index is 0. The zero-order chi connectivity index (χ0) is 17.8. The van der Waals surface area contributed by atoms with Crippen LogP contribution in [0.2, 0.25) is 0 Å². The molecule has 0 saturated heterocycles. The summed E-state index contributed by atoms with van der Waals surface area (Å²) in [5.41, 5.74) is 2.26. The van der Waals surface area contributed by atoms with Crippen molar-refractivity contribution in [3.63, 3.8) is 0 Å². The first-order valence-electron chi connectivity index (χ1n) is 8.51. The summed E-state index contributed by atoms with van der Waals surface area (Å²) in [6.45, 7) is 8.38. The molecule has 0 aromatic heterocycles. The largest absolute Gasteiger partial charge is 0.687 e. The number of hydrogen-bond donors (Lipinski definition) is 0. The van der Waals surface area contributed by atoms with E-state index >= 15 is 0 Å². The standard InChI is InChI=1S/C15H24N3.C6H5.CH3.Co/c1-11(2)17-15(18-12(3)4)10-13-8-6-7-9-14(13)16-5;1-2-4-6-5-3-1;;/h6-9,11-12,15H,10H2,1-5H3;1-5H;1H3;/q-3;2*-1;. The number of nitrogens with zero attached hydrogens (tertiary/aromatic N) is 3. The summed E-state index contributed by atoms with van der Waals surface area (Å²) in [4.78, 5) is 0. The summed E-state index contributed by atoms with van der Waals surface area (Å²) < 4.78 is 0. The second kappa shape index (κ2) is 15.9. The summed E-state index contributed by atoms with van der Waals surface area (Å²) in [6.07, 6.45) is 0.872. The molecule has 1 radical (unpaired) electrons. The van der Waals surface area contributed by atoms with Gasteiger partial charge in [-0.2, -0.15) is 36.4 Å². The first-order chi connectivity index (χ1) is 11.5. The SMILES string of the molecule is C[N-]c1ccccc1CC([N-]C(C)C)[N-]C(C)C.[CH3-].[Co].[c-]1ccccc1. The molecule has 26 heavy (non-hydrogen) atoms. The first-order valence-corrected chi connectivity index (χ1v) is 8.51. The van der Waals surface area contributed by atoms with E-state index in [-0.39, 0.29) is 30.4 Å². The van der Waals surface area contributed by atoms with Gasteiger partial charge < -0.3 is 23.4 Å². The number of rotatable bonds is 7. The maximum Gasteiger partial charge on any atom is 0 e. The molecule has 0 atom stereocenters. The minimum Gasteiger partial charge on any atom is -0.687 e. The van der Waals surface area contributed by atoms with Crippen molar-refractivity contribution in [3.8, 4) is 0 Å². The molecule has 3 nitrogen and oxygen atoms in total. The maximum atomic E-state index is 4.68. The van der Waals surface area contributed by atoms with Gasteiger partial charge in [0.25, 0.3) is 0 Å². The van der Waals surface area contributed by atoms with Crippen LogP contribution in [0.5, 0.6) is 0 Å². The van der Waals surface area contributed by atoms with Gasteiger partial charge >= 0.3 is 0 Å². The molecule has 4 heteroatoms. The molecular formula is C22H32CoN3-5. The Hall–Kier alpha value is -1.33. The minimum absolute atomic E-state index is 0. The molecule has 0 unspecified atom stereocenters. The maximum absolute atomic E-state index is 4.68. The van der Waals surface area contributed by atoms with Crippen LogP contribution < -0.4 is 0 Å². The van der Waals surface area contributed by atoms with E-state index in [0.717, 1.165) is 12.1 Å². The quantitative estimate of drug-likeness (QED) is 0.467. The predicted molar refractivity (Wildman–Crippen MR) is 112 cm³/mol. The number of hydrogen-bond acceptors (Lipinski definition) is 0. The van der Waals surface area contributed by atoms with E-state index in [0.29, 0.717) is 12.1 Å². The summed E-state index contributed by atoms with van der Waals surface area (Å²) in [5, 5.41) is 13.7. The van der Waals surface area contributed by atoms with Crippen LogP contribution in [-0.2, 0) is 23.2 Å². The minimum atomic E-state index is 0. The van der Waals surface area contributed by atoms with Gasteiger partial charge in [0.1, 0.15) is 0 Å². The summed E-state index contributed by atoms with van der Waals surface area (Å²) in [6, 6.07) is 21.3. The molecule has 0 amide bonds. The fourth-order valence-corrected chi connectivity index (χ4v) is 2.27. The molecule has 0 fully saturated rings. The van der Waals surface area contributed by atoms with Crippen LogP contribution in [0, 0.1) is 13.5 Å². The molecule has 2 aromatic rings. The van der Waals surface area contributed by atoms with E-state index in [4.69, 9.17) is 0 Å². The normalized spacial score (nSPS) is 9.85. The monoisotopic (exact) mass is 397 g/mol. The molecule has 2 aromatic carbocycles. The van der Waals surface area contributed by atoms with Crippen LogP contribution in [0.15, 0.2) is 54.6 Å². The van der Waals surface area contributed by atoms with Crippen LogP contribution in [-0.4, -0.2) is 25.3 Å². The molecule has 0 aliphatic carbocycles. The Morgan fingerprint density at radius 2 is 1.38 bits per heavy atom. The van der Waals surface area contributed by atoms with E-state index in [2.05, 4.69) is 55.8 Å². The van der Waals surface area contributed by atoms with Gasteiger partial charge in [0.2, 0.25) is 0 Å². The van der Waals surface area contributed by atoms with Crippen molar-refractivity contribution in [1.82, 2.24) is 0 Å². The number of benzene rings is 2. The van der Waals surface area contributed by atoms with Gasteiger partial charge in [0, 0.05) is 16.8 Å². The molecule has 0 N–H and O–H groups in total. The molecule has 0 heterocycles. The Kier molecular flexibility index (Phi) is 16.4. The van der Waals surface area contributed by atoms with Crippen molar-refractivity contribution in [3.05, 3.63) is 89.6 Å². The van der Waals surface area contributed by atoms with E-state index in [1.807, 2.05) is 55.6 Å². The van der Waals surface area contributed by atoms with Crippen molar-refractivity contribution in [2.24, 2.45) is 0 Å². The predicted octanol–water partition coefficient (Wildman–Crippen LogP) is 6.69. The van der Waals surface area contributed by atoms with Crippen LogP contribution in [0.1, 0.15) is 33.3 Å². The molecular weight excluding hydrogens is 365 g/mol. The summed E-state index contributed by atoms with van der Waals surface area (Å²) >= 11 is 0. The van der Waals surface area contributed by atoms with Gasteiger partial charge in [0.05, 0.1) is 0 Å². The van der Waals surface area contributed by atoms with E-state index in [1.165, 1.54) is 5.56 Å². The van der Waals surface area contributed by atoms with Crippen molar-refractivity contribution >= 4 is 5.69 Å². The Labute approximate surface area is 171 Å². The molecule has 0 bridgehead atoms. The second-order valence-corrected chi connectivity index (χ2v) is 6.10. The van der Waals surface area contributed by atoms with Gasteiger partial charge in [-0.15, -0.1) is 24.8 Å². The average molecular weight is 397 g/mol. The second-order valence-electron chi connectivity index (χ2n) is 6.10.